The molecular weight excluding hydrogens is 694 g/mol. The molecule has 0 aliphatic rings. The number of benzene rings is 1. The molecule has 19 heteroatoms. The van der Waals surface area contributed by atoms with Gasteiger partial charge in [0.15, 0.2) is 16.7 Å². The van der Waals surface area contributed by atoms with E-state index >= 15 is 0 Å². The first-order chi connectivity index (χ1) is 22.8. The van der Waals surface area contributed by atoms with Crippen molar-refractivity contribution in [2.24, 2.45) is 5.73 Å². The topological polar surface area (TPSA) is 211 Å². The molecule has 1 heterocycles. The Morgan fingerprint density at radius 2 is 1.62 bits per heavy atom. The fraction of sp³-hybridized carbons (Fsp3) is 0.516. The average molecular weight is 736 g/mol. The van der Waals surface area contributed by atoms with Crippen molar-refractivity contribution >= 4 is 52.1 Å². The van der Waals surface area contributed by atoms with Gasteiger partial charge in [0.05, 0.1) is 6.20 Å². The average Bonchev–Trinajstić information content (AvgIpc) is 3.45. The number of carbonyl (C=O) groups excluding carboxylic acids is 4. The number of ether oxygens (including phenoxy) is 3. The third kappa shape index (κ3) is 16.1. The fourth-order valence-electron chi connectivity index (χ4n) is 3.58. The van der Waals surface area contributed by atoms with Crippen LogP contribution < -0.4 is 20.7 Å². The van der Waals surface area contributed by atoms with Crippen molar-refractivity contribution in [2.75, 3.05) is 18.0 Å². The number of carboxylic acid groups (broad SMARTS) is 1. The van der Waals surface area contributed by atoms with Crippen LogP contribution in [0.2, 0.25) is 0 Å². The van der Waals surface area contributed by atoms with Gasteiger partial charge in [0.2, 0.25) is 5.91 Å². The molecule has 14 nitrogen and oxygen atoms in total. The lowest BCUT2D eigenvalue weighted by Crippen LogP contribution is -2.45. The van der Waals surface area contributed by atoms with Gasteiger partial charge in [-0.3, -0.25) is 15.0 Å². The van der Waals surface area contributed by atoms with E-state index < -0.39 is 59.0 Å². The molecule has 0 spiro atoms. The second-order valence-electron chi connectivity index (χ2n) is 12.4. The Balaban J connectivity index is 0.00000161. The van der Waals surface area contributed by atoms with E-state index in [0.29, 0.717) is 11.7 Å². The predicted molar refractivity (Wildman–Crippen MR) is 174 cm³/mol. The smallest absolute Gasteiger partial charge is 0.475 e. The number of anilines is 1. The number of nitrogens with one attached hydrogen (secondary N) is 2. The van der Waals surface area contributed by atoms with Crippen LogP contribution in [0.5, 0.6) is 5.75 Å². The minimum atomic E-state index is -5.08. The minimum absolute atomic E-state index is 0.00306. The number of esters is 3. The standard InChI is InChI=1S/C29H40FN5O7S.C2HF3O2/c1-8-35(27-33-16-21(43-27)26(39)40-20-11-9-17(24(31)32)15-18(20)30)14-13-22(36)34-19(25(38)42-29(5,6)7)10-12-23(37)41-28(2,3)4;3-2(4,5)1(6)7/h9,11,15-16,19H,8,10,12-14H2,1-7H3,(H3,31,32)(H,34,36);(H,6,7)/t19-;/m1./s1. The second-order valence-corrected chi connectivity index (χ2v) is 13.4. The van der Waals surface area contributed by atoms with Crippen molar-refractivity contribution in [3.63, 3.8) is 0 Å². The van der Waals surface area contributed by atoms with Crippen LogP contribution in [0.15, 0.2) is 24.4 Å². The number of nitrogens with zero attached hydrogens (tertiary/aromatic N) is 2. The predicted octanol–water partition coefficient (Wildman–Crippen LogP) is 4.58. The maximum atomic E-state index is 14.3. The van der Waals surface area contributed by atoms with Gasteiger partial charge >= 0.3 is 30.1 Å². The van der Waals surface area contributed by atoms with Crippen LogP contribution in [0.25, 0.3) is 0 Å². The number of amidine groups is 1. The molecule has 0 saturated heterocycles. The maximum Gasteiger partial charge on any atom is 0.490 e. The quantitative estimate of drug-likeness (QED) is 0.0732. The zero-order valence-electron chi connectivity index (χ0n) is 28.5. The lowest BCUT2D eigenvalue weighted by Gasteiger charge is -2.25. The van der Waals surface area contributed by atoms with E-state index in [4.69, 9.17) is 35.3 Å². The number of nitrogens with two attached hydrogens (primary N) is 1. The van der Waals surface area contributed by atoms with Crippen molar-refractivity contribution in [1.29, 1.82) is 5.41 Å². The highest BCUT2D eigenvalue weighted by Gasteiger charge is 2.38. The summed E-state index contributed by atoms with van der Waals surface area (Å²) in [5, 5.41) is 17.6. The van der Waals surface area contributed by atoms with E-state index in [2.05, 4.69) is 10.3 Å². The third-order valence-electron chi connectivity index (χ3n) is 5.73. The minimum Gasteiger partial charge on any atom is -0.475 e. The summed E-state index contributed by atoms with van der Waals surface area (Å²) in [6.45, 7) is 12.8. The van der Waals surface area contributed by atoms with Crippen LogP contribution in [0.1, 0.15) is 83.0 Å². The molecule has 0 aliphatic carbocycles. The van der Waals surface area contributed by atoms with Gasteiger partial charge in [-0.1, -0.05) is 11.3 Å². The monoisotopic (exact) mass is 735 g/mol. The molecule has 0 unspecified atom stereocenters. The first-order valence-electron chi connectivity index (χ1n) is 14.9. The van der Waals surface area contributed by atoms with Crippen LogP contribution >= 0.6 is 11.3 Å². The molecular formula is C31H41F4N5O9S. The zero-order valence-corrected chi connectivity index (χ0v) is 29.3. The Kier molecular flexibility index (Phi) is 15.8. The third-order valence-corrected chi connectivity index (χ3v) is 6.77. The molecule has 2 rings (SSSR count). The molecule has 1 atom stereocenters. The molecule has 0 saturated carbocycles. The molecule has 1 aromatic heterocycles. The molecule has 0 bridgehead atoms. The molecule has 0 fully saturated rings. The molecule has 0 aliphatic heterocycles. The molecule has 1 aromatic carbocycles. The number of aromatic nitrogens is 1. The number of carboxylic acids is 1. The summed E-state index contributed by atoms with van der Waals surface area (Å²) >= 11 is 1.01. The molecule has 5 N–H and O–H groups in total. The molecule has 2 aromatic rings. The van der Waals surface area contributed by atoms with Gasteiger partial charge in [-0.25, -0.2) is 23.8 Å². The van der Waals surface area contributed by atoms with Crippen molar-refractivity contribution < 1.29 is 60.9 Å². The number of aliphatic carboxylic acids is 1. The SMILES string of the molecule is CCN(CCC(=O)N[C@H](CCC(=O)OC(C)(C)C)C(=O)OC(C)(C)C)c1ncc(C(=O)Oc2ccc(C(=N)N)cc2F)s1.O=C(O)C(F)(F)F. The Bertz CT molecular complexity index is 1540. The number of alkyl halides is 3. The summed E-state index contributed by atoms with van der Waals surface area (Å²) in [5.41, 5.74) is 4.02. The summed E-state index contributed by atoms with van der Waals surface area (Å²) in [6.07, 6.45) is -3.90. The van der Waals surface area contributed by atoms with Gasteiger partial charge in [0, 0.05) is 31.5 Å². The lowest BCUT2D eigenvalue weighted by atomic mass is 10.1. The van der Waals surface area contributed by atoms with E-state index in [0.717, 1.165) is 17.4 Å². The summed E-state index contributed by atoms with van der Waals surface area (Å²) in [5.74, 6) is -6.67. The van der Waals surface area contributed by atoms with Crippen LogP contribution in [0.3, 0.4) is 0 Å². The lowest BCUT2D eigenvalue weighted by molar-refractivity contribution is -0.192. The largest absolute Gasteiger partial charge is 0.490 e. The molecule has 0 radical (unpaired) electrons. The highest BCUT2D eigenvalue weighted by molar-refractivity contribution is 7.17. The number of hydrogen-bond donors (Lipinski definition) is 4. The Morgan fingerprint density at radius 3 is 2.10 bits per heavy atom. The highest BCUT2D eigenvalue weighted by atomic mass is 32.1. The van der Waals surface area contributed by atoms with Crippen LogP contribution in [0.4, 0.5) is 22.7 Å². The first-order valence-corrected chi connectivity index (χ1v) is 15.8. The number of amides is 1. The van der Waals surface area contributed by atoms with E-state index in [1.165, 1.54) is 18.3 Å². The summed E-state index contributed by atoms with van der Waals surface area (Å²) < 4.78 is 61.9. The van der Waals surface area contributed by atoms with Crippen molar-refractivity contribution in [3.05, 3.63) is 40.7 Å². The Hall–Kier alpha value is -4.81. The van der Waals surface area contributed by atoms with E-state index in [-0.39, 0.29) is 47.8 Å². The number of hydrogen-bond acceptors (Lipinski definition) is 12. The van der Waals surface area contributed by atoms with Crippen molar-refractivity contribution in [2.45, 2.75) is 91.1 Å². The van der Waals surface area contributed by atoms with Crippen molar-refractivity contribution in [1.82, 2.24) is 10.3 Å². The van der Waals surface area contributed by atoms with Gasteiger partial charge in [0.1, 0.15) is 28.0 Å². The van der Waals surface area contributed by atoms with E-state index in [1.807, 2.05) is 6.92 Å². The summed E-state index contributed by atoms with van der Waals surface area (Å²) in [7, 11) is 0. The van der Waals surface area contributed by atoms with Gasteiger partial charge in [-0.15, -0.1) is 0 Å². The maximum absolute atomic E-state index is 14.3. The van der Waals surface area contributed by atoms with Crippen molar-refractivity contribution in [3.8, 4) is 5.75 Å². The second kappa shape index (κ2) is 18.3. The van der Waals surface area contributed by atoms with Gasteiger partial charge in [-0.2, -0.15) is 13.2 Å². The first kappa shape index (κ1) is 43.2. The van der Waals surface area contributed by atoms with E-state index in [9.17, 15) is 36.7 Å². The van der Waals surface area contributed by atoms with Gasteiger partial charge in [-0.05, 0) is 73.1 Å². The zero-order chi connectivity index (χ0) is 38.6. The number of nitrogen functional groups attached to an aromatic ring is 1. The molecule has 1 amide bonds. The van der Waals surface area contributed by atoms with Crippen LogP contribution in [0, 0.1) is 11.2 Å². The Labute approximate surface area is 289 Å². The van der Waals surface area contributed by atoms with Crippen LogP contribution in [-0.4, -0.2) is 82.2 Å². The number of carbonyl (C=O) groups is 5. The van der Waals surface area contributed by atoms with Gasteiger partial charge in [0.25, 0.3) is 0 Å². The molecule has 50 heavy (non-hydrogen) atoms. The van der Waals surface area contributed by atoms with E-state index in [1.54, 1.807) is 46.4 Å². The fourth-order valence-corrected chi connectivity index (χ4v) is 4.46. The summed E-state index contributed by atoms with van der Waals surface area (Å²) in [6, 6.07) is 2.51. The van der Waals surface area contributed by atoms with Crippen LogP contribution in [-0.2, 0) is 28.7 Å². The number of halogens is 4. The van der Waals surface area contributed by atoms with Gasteiger partial charge < -0.3 is 35.3 Å². The number of thiazole rings is 1. The molecule has 278 valence electrons. The normalized spacial score (nSPS) is 12.1. The summed E-state index contributed by atoms with van der Waals surface area (Å²) in [4.78, 5) is 65.5. The highest BCUT2D eigenvalue weighted by Crippen LogP contribution is 2.26. The Morgan fingerprint density at radius 1 is 1.04 bits per heavy atom. The number of rotatable bonds is 13.